The van der Waals surface area contributed by atoms with E-state index in [0.29, 0.717) is 44.4 Å². The molecule has 0 amide bonds. The van der Waals surface area contributed by atoms with E-state index >= 15 is 0 Å². The monoisotopic (exact) mass is 729 g/mol. The summed E-state index contributed by atoms with van der Waals surface area (Å²) in [5.74, 6) is 0. The molecule has 1 aromatic heterocycles. The van der Waals surface area contributed by atoms with E-state index in [1.54, 1.807) is 0 Å². The van der Waals surface area contributed by atoms with Gasteiger partial charge in [0, 0.05) is 10.8 Å². The number of rotatable bonds is 4. The van der Waals surface area contributed by atoms with Crippen molar-refractivity contribution in [2.24, 2.45) is 0 Å². The van der Waals surface area contributed by atoms with Gasteiger partial charge in [0.25, 0.3) is 0 Å². The van der Waals surface area contributed by atoms with Crippen molar-refractivity contribution in [2.75, 3.05) is 0 Å². The van der Waals surface area contributed by atoms with Crippen molar-refractivity contribution in [1.29, 1.82) is 0 Å². The molecule has 0 aliphatic carbocycles. The van der Waals surface area contributed by atoms with Crippen LogP contribution in [0, 0.1) is 0 Å². The minimum atomic E-state index is -0.409. The van der Waals surface area contributed by atoms with Crippen LogP contribution in [0.5, 0.6) is 0 Å². The Kier molecular flexibility index (Phi) is 5.62. The zero-order chi connectivity index (χ0) is 43.5. The van der Waals surface area contributed by atoms with Crippen LogP contribution in [0.4, 0.5) is 0 Å². The molecule has 0 N–H and O–H groups in total. The summed E-state index contributed by atoms with van der Waals surface area (Å²) in [7, 11) is 0. The minimum Gasteiger partial charge on any atom is -0.456 e. The average molecular weight is 730 g/mol. The molecule has 0 radical (unpaired) electrons. The first-order valence-corrected chi connectivity index (χ1v) is 19.1. The second-order valence-electron chi connectivity index (χ2n) is 14.7. The Hall–Kier alpha value is -7.48. The maximum atomic E-state index is 10.2. The first kappa shape index (κ1) is 25.6. The minimum absolute atomic E-state index is 0.00300. The molecule has 0 saturated heterocycles. The fraction of sp³-hybridized carbons (Fsp3) is 0. The highest BCUT2D eigenvalue weighted by molar-refractivity contribution is 6.23. The van der Waals surface area contributed by atoms with Crippen molar-refractivity contribution in [2.45, 2.75) is 0 Å². The largest absolute Gasteiger partial charge is 0.456 e. The Morgan fingerprint density at radius 2 is 0.789 bits per heavy atom. The van der Waals surface area contributed by atoms with Crippen molar-refractivity contribution in [3.8, 4) is 44.5 Å². The van der Waals surface area contributed by atoms with Crippen molar-refractivity contribution >= 4 is 75.8 Å². The lowest BCUT2D eigenvalue weighted by atomic mass is 9.84. The fourth-order valence-corrected chi connectivity index (χ4v) is 8.60. The van der Waals surface area contributed by atoms with E-state index in [1.807, 2.05) is 127 Å². The van der Waals surface area contributed by atoms with Gasteiger partial charge in [0.15, 0.2) is 0 Å². The molecule has 0 aliphatic heterocycles. The van der Waals surface area contributed by atoms with Gasteiger partial charge in [0.2, 0.25) is 0 Å². The van der Waals surface area contributed by atoms with Gasteiger partial charge in [-0.1, -0.05) is 164 Å². The van der Waals surface area contributed by atoms with Gasteiger partial charge in [0.1, 0.15) is 11.2 Å². The zero-order valence-corrected chi connectivity index (χ0v) is 30.5. The quantitative estimate of drug-likeness (QED) is 0.164. The van der Waals surface area contributed by atoms with Crippen molar-refractivity contribution in [3.05, 3.63) is 206 Å². The Bertz CT molecular complexity index is 3980. The predicted molar refractivity (Wildman–Crippen MR) is 243 cm³/mol. The van der Waals surface area contributed by atoms with E-state index in [-0.39, 0.29) is 51.9 Å². The molecular formula is C56H34O. The molecule has 12 rings (SSSR count). The number of benzene rings is 11. The Labute approximate surface area is 339 Å². The summed E-state index contributed by atoms with van der Waals surface area (Å²) in [6.07, 6.45) is 0. The predicted octanol–water partition coefficient (Wildman–Crippen LogP) is 16.0. The Balaban J connectivity index is 1.22. The first-order valence-electron chi connectivity index (χ1n) is 22.6. The third-order valence-electron chi connectivity index (χ3n) is 11.4. The standard InChI is InChI=1S/C56H34O/c1-3-11-39-29-43(23-19-35(39)9-1)37-17-21-38(22-18-37)55-47-15-7-8-16-48(47)56(49-27-25-45(32-52(49)55)44-24-20-36-10-2-4-12-40(36)30-44)46-26-28-53-50(33-46)51-31-41-13-5-6-14-42(41)34-54(51)57-53/h1-34H/i7D,8D,15D,16D,25D,27D,32D. The average Bonchev–Trinajstić information content (AvgIpc) is 3.69. The van der Waals surface area contributed by atoms with Crippen LogP contribution in [-0.4, -0.2) is 0 Å². The highest BCUT2D eigenvalue weighted by Gasteiger charge is 2.19. The van der Waals surface area contributed by atoms with Crippen molar-refractivity contribution < 1.29 is 14.0 Å². The molecule has 1 heterocycles. The molecule has 0 unspecified atom stereocenters. The van der Waals surface area contributed by atoms with Crippen LogP contribution >= 0.6 is 0 Å². The molecular weight excluding hydrogens is 689 g/mol. The van der Waals surface area contributed by atoms with Gasteiger partial charge in [-0.2, -0.15) is 0 Å². The van der Waals surface area contributed by atoms with Crippen LogP contribution in [0.15, 0.2) is 211 Å². The van der Waals surface area contributed by atoms with Crippen LogP contribution < -0.4 is 0 Å². The topological polar surface area (TPSA) is 13.1 Å². The van der Waals surface area contributed by atoms with Crippen LogP contribution in [0.25, 0.3) is 120 Å². The fourth-order valence-electron chi connectivity index (χ4n) is 8.60. The molecule has 0 fully saturated rings. The second-order valence-corrected chi connectivity index (χ2v) is 14.7. The van der Waals surface area contributed by atoms with Crippen molar-refractivity contribution in [1.82, 2.24) is 0 Å². The molecule has 57 heavy (non-hydrogen) atoms. The van der Waals surface area contributed by atoms with Crippen LogP contribution in [0.3, 0.4) is 0 Å². The molecule has 0 spiro atoms. The van der Waals surface area contributed by atoms with Crippen LogP contribution in [0.1, 0.15) is 9.60 Å². The lowest BCUT2D eigenvalue weighted by Gasteiger charge is -2.19. The van der Waals surface area contributed by atoms with Gasteiger partial charge in [-0.05, 0) is 141 Å². The molecule has 11 aromatic carbocycles. The van der Waals surface area contributed by atoms with Gasteiger partial charge >= 0.3 is 0 Å². The zero-order valence-electron chi connectivity index (χ0n) is 37.5. The summed E-state index contributed by atoms with van der Waals surface area (Å²) in [5, 5.41) is 8.98. The lowest BCUT2D eigenvalue weighted by molar-refractivity contribution is 0.669. The number of furan rings is 1. The summed E-state index contributed by atoms with van der Waals surface area (Å²) >= 11 is 0. The van der Waals surface area contributed by atoms with E-state index in [0.717, 1.165) is 54.2 Å². The molecule has 0 saturated carbocycles. The van der Waals surface area contributed by atoms with Gasteiger partial charge in [-0.25, -0.2) is 0 Å². The number of hydrogen-bond acceptors (Lipinski definition) is 1. The lowest BCUT2D eigenvalue weighted by Crippen LogP contribution is -1.92. The summed E-state index contributed by atoms with van der Waals surface area (Å²) in [6, 6.07) is 52.2. The smallest absolute Gasteiger partial charge is 0.136 e. The molecule has 12 aromatic rings. The van der Waals surface area contributed by atoms with Crippen LogP contribution in [0.2, 0.25) is 0 Å². The van der Waals surface area contributed by atoms with E-state index in [2.05, 4.69) is 36.4 Å². The maximum Gasteiger partial charge on any atom is 0.136 e. The van der Waals surface area contributed by atoms with Gasteiger partial charge in [0.05, 0.1) is 9.60 Å². The van der Waals surface area contributed by atoms with E-state index in [1.165, 1.54) is 0 Å². The van der Waals surface area contributed by atoms with Crippen molar-refractivity contribution in [3.63, 3.8) is 0 Å². The third-order valence-corrected chi connectivity index (χ3v) is 11.4. The Morgan fingerprint density at radius 3 is 1.46 bits per heavy atom. The second kappa shape index (κ2) is 12.5. The van der Waals surface area contributed by atoms with Gasteiger partial charge in [-0.3, -0.25) is 0 Å². The number of fused-ring (bicyclic) bond motifs is 8. The Morgan fingerprint density at radius 1 is 0.298 bits per heavy atom. The molecule has 1 nitrogen and oxygen atoms in total. The summed E-state index contributed by atoms with van der Waals surface area (Å²) in [4.78, 5) is 0. The molecule has 0 bridgehead atoms. The summed E-state index contributed by atoms with van der Waals surface area (Å²) in [6.45, 7) is 0. The van der Waals surface area contributed by atoms with E-state index < -0.39 is 12.1 Å². The molecule has 0 atom stereocenters. The SMILES string of the molecule is [2H]c1c([2H])c([2H])c2c(-c3ccc(-c4ccc5ccccc5c4)cc3)c3c([2H])c(-c4ccc5ccccc5c4)c([2H])c([2H])c3c(-c3ccc4oc5cc6ccccc6cc5c4c3)c2c1[2H]. The highest BCUT2D eigenvalue weighted by atomic mass is 16.3. The molecule has 0 aliphatic rings. The summed E-state index contributed by atoms with van der Waals surface area (Å²) < 4.78 is 73.5. The normalized spacial score (nSPS) is 13.6. The van der Waals surface area contributed by atoms with Crippen LogP contribution in [-0.2, 0) is 0 Å². The first-order chi connectivity index (χ1) is 31.1. The number of hydrogen-bond donors (Lipinski definition) is 0. The van der Waals surface area contributed by atoms with E-state index in [4.69, 9.17) is 7.16 Å². The van der Waals surface area contributed by atoms with Gasteiger partial charge < -0.3 is 4.42 Å². The summed E-state index contributed by atoms with van der Waals surface area (Å²) in [5.41, 5.74) is 6.15. The highest BCUT2D eigenvalue weighted by Crippen LogP contribution is 2.46. The maximum absolute atomic E-state index is 10.2. The third kappa shape index (κ3) is 5.17. The molecule has 1 heteroatoms. The van der Waals surface area contributed by atoms with E-state index in [9.17, 15) is 6.85 Å². The molecule has 264 valence electrons. The van der Waals surface area contributed by atoms with Gasteiger partial charge in [-0.15, -0.1) is 0 Å².